The minimum absolute atomic E-state index is 0.0138. The smallest absolute Gasteiger partial charge is 0.416 e. The number of carbonyl (C=O) groups is 1. The molecule has 0 fully saturated rings. The lowest BCUT2D eigenvalue weighted by Crippen LogP contribution is -2.10. The molecule has 3 nitrogen and oxygen atoms in total. The fourth-order valence-electron chi connectivity index (χ4n) is 2.67. The Balaban J connectivity index is 1.84. The minimum Gasteiger partial charge on any atom is -0.497 e. The zero-order chi connectivity index (χ0) is 18.2. The van der Waals surface area contributed by atoms with Crippen molar-refractivity contribution in [1.29, 1.82) is 0 Å². The summed E-state index contributed by atoms with van der Waals surface area (Å²) in [4.78, 5) is 17.2. The van der Waals surface area contributed by atoms with Crippen LogP contribution in [0.25, 0.3) is 0 Å². The Morgan fingerprint density at radius 3 is 2.44 bits per heavy atom. The number of thiol groups is 1. The maximum absolute atomic E-state index is 12.8. The predicted octanol–water partition coefficient (Wildman–Crippen LogP) is 5.04. The van der Waals surface area contributed by atoms with Gasteiger partial charge in [0.1, 0.15) is 5.75 Å². The summed E-state index contributed by atoms with van der Waals surface area (Å²) < 4.78 is 43.1. The first-order chi connectivity index (χ1) is 11.8. The zero-order valence-electron chi connectivity index (χ0n) is 13.6. The van der Waals surface area contributed by atoms with Crippen LogP contribution >= 0.6 is 10.9 Å². The predicted molar refractivity (Wildman–Crippen MR) is 94.3 cm³/mol. The van der Waals surface area contributed by atoms with Gasteiger partial charge >= 0.3 is 6.18 Å². The van der Waals surface area contributed by atoms with Gasteiger partial charge in [0.2, 0.25) is 5.12 Å². The molecule has 2 aromatic carbocycles. The average Bonchev–Trinajstić information content (AvgIpc) is 2.56. The quantitative estimate of drug-likeness (QED) is 0.772. The van der Waals surface area contributed by atoms with E-state index in [2.05, 4.69) is 4.99 Å². The molecule has 25 heavy (non-hydrogen) atoms. The van der Waals surface area contributed by atoms with Crippen LogP contribution in [0.2, 0.25) is 0 Å². The number of halogens is 3. The molecular formula is C18H16F3NO2S. The van der Waals surface area contributed by atoms with Crippen LogP contribution in [0.1, 0.15) is 27.0 Å². The first-order valence-electron chi connectivity index (χ1n) is 7.49. The first kappa shape index (κ1) is 17.5. The summed E-state index contributed by atoms with van der Waals surface area (Å²) in [6, 6.07) is 8.41. The van der Waals surface area contributed by atoms with Crippen LogP contribution in [0, 0.1) is 6.92 Å². The van der Waals surface area contributed by atoms with Gasteiger partial charge in [-0.1, -0.05) is 12.1 Å². The highest BCUT2D eigenvalue weighted by atomic mass is 32.2. The average molecular weight is 367 g/mol. The second kappa shape index (κ2) is 6.55. The lowest BCUT2D eigenvalue weighted by molar-refractivity contribution is -0.137. The van der Waals surface area contributed by atoms with Crippen molar-refractivity contribution in [2.24, 2.45) is 4.99 Å². The van der Waals surface area contributed by atoms with Crippen LogP contribution in [0.15, 0.2) is 41.4 Å². The van der Waals surface area contributed by atoms with E-state index in [1.807, 2.05) is 6.92 Å². The Morgan fingerprint density at radius 2 is 1.84 bits per heavy atom. The van der Waals surface area contributed by atoms with Crippen molar-refractivity contribution in [2.45, 2.75) is 18.9 Å². The van der Waals surface area contributed by atoms with E-state index in [9.17, 15) is 18.0 Å². The highest BCUT2D eigenvalue weighted by Gasteiger charge is 2.30. The number of alkyl halides is 3. The first-order valence-corrected chi connectivity index (χ1v) is 9.09. The molecule has 0 bridgehead atoms. The summed E-state index contributed by atoms with van der Waals surface area (Å²) in [6.07, 6.45) is -4.36. The van der Waals surface area contributed by atoms with Crippen molar-refractivity contribution in [1.82, 2.24) is 0 Å². The highest BCUT2D eigenvalue weighted by molar-refractivity contribution is 8.39. The van der Waals surface area contributed by atoms with Crippen LogP contribution in [-0.2, 0) is 11.9 Å². The van der Waals surface area contributed by atoms with E-state index in [4.69, 9.17) is 4.74 Å². The lowest BCUT2D eigenvalue weighted by atomic mass is 10.1. The van der Waals surface area contributed by atoms with Crippen LogP contribution in [-0.4, -0.2) is 17.8 Å². The van der Waals surface area contributed by atoms with Gasteiger partial charge in [0, 0.05) is 17.4 Å². The van der Waals surface area contributed by atoms with E-state index in [-0.39, 0.29) is 5.12 Å². The van der Waals surface area contributed by atoms with E-state index >= 15 is 0 Å². The number of methoxy groups -OCH3 is 1. The second-order valence-electron chi connectivity index (χ2n) is 5.71. The molecule has 0 saturated heterocycles. The summed E-state index contributed by atoms with van der Waals surface area (Å²) >= 11 is 0. The number of nitrogens with zero attached hydrogens (tertiary/aromatic N) is 1. The van der Waals surface area contributed by atoms with Gasteiger partial charge in [0.05, 0.1) is 23.9 Å². The number of carbonyl (C=O) groups excluding carboxylic acids is 1. The largest absolute Gasteiger partial charge is 0.497 e. The van der Waals surface area contributed by atoms with E-state index in [1.165, 1.54) is 12.1 Å². The topological polar surface area (TPSA) is 38.7 Å². The molecule has 1 aliphatic rings. The van der Waals surface area contributed by atoms with E-state index in [0.717, 1.165) is 17.7 Å². The van der Waals surface area contributed by atoms with Gasteiger partial charge in [0.15, 0.2) is 0 Å². The molecule has 1 unspecified atom stereocenters. The van der Waals surface area contributed by atoms with E-state index in [0.29, 0.717) is 28.3 Å². The number of benzene rings is 2. The molecule has 1 heterocycles. The van der Waals surface area contributed by atoms with Crippen molar-refractivity contribution in [3.05, 3.63) is 58.7 Å². The Bertz CT molecular complexity index is 845. The Morgan fingerprint density at radius 1 is 1.16 bits per heavy atom. The van der Waals surface area contributed by atoms with Crippen LogP contribution in [0.4, 0.5) is 18.9 Å². The van der Waals surface area contributed by atoms with Crippen molar-refractivity contribution in [3.63, 3.8) is 0 Å². The molecule has 0 aliphatic carbocycles. The Kier molecular flexibility index (Phi) is 4.60. The molecule has 0 amide bonds. The monoisotopic (exact) mass is 367 g/mol. The number of aliphatic imine (C=N–C) groups is 1. The van der Waals surface area contributed by atoms with Gasteiger partial charge in [-0.25, -0.2) is 0 Å². The SMILES string of the molecule is COc1cc(C)c2c(c1)N=C[SH](Cc1ccc(C(F)(F)F)cc1)C2=O. The molecular weight excluding hydrogens is 351 g/mol. The van der Waals surface area contributed by atoms with E-state index < -0.39 is 22.6 Å². The van der Waals surface area contributed by atoms with E-state index in [1.54, 1.807) is 24.8 Å². The maximum atomic E-state index is 12.8. The van der Waals surface area contributed by atoms with Crippen molar-refractivity contribution >= 4 is 27.2 Å². The normalized spacial score (nSPS) is 18.1. The molecule has 7 heteroatoms. The number of fused-ring (bicyclic) bond motifs is 1. The summed E-state index contributed by atoms with van der Waals surface area (Å²) in [7, 11) is 0.332. The van der Waals surface area contributed by atoms with Crippen molar-refractivity contribution in [2.75, 3.05) is 7.11 Å². The van der Waals surface area contributed by atoms with Gasteiger partial charge in [-0.15, -0.1) is 10.9 Å². The van der Waals surface area contributed by atoms with Gasteiger partial charge < -0.3 is 4.74 Å². The molecule has 0 radical (unpaired) electrons. The van der Waals surface area contributed by atoms with Gasteiger partial charge in [-0.2, -0.15) is 13.2 Å². The number of aryl methyl sites for hydroxylation is 1. The fraction of sp³-hybridized carbons (Fsp3) is 0.222. The van der Waals surface area contributed by atoms with Crippen LogP contribution < -0.4 is 4.74 Å². The molecule has 0 spiro atoms. The fourth-order valence-corrected chi connectivity index (χ4v) is 4.45. The lowest BCUT2D eigenvalue weighted by Gasteiger charge is -2.22. The van der Waals surface area contributed by atoms with Crippen molar-refractivity contribution < 1.29 is 22.7 Å². The highest BCUT2D eigenvalue weighted by Crippen LogP contribution is 2.42. The second-order valence-corrected chi connectivity index (χ2v) is 7.60. The third-order valence-electron chi connectivity index (χ3n) is 3.97. The maximum Gasteiger partial charge on any atom is 0.416 e. The summed E-state index contributed by atoms with van der Waals surface area (Å²) in [5, 5.41) is -0.0138. The summed E-state index contributed by atoms with van der Waals surface area (Å²) in [5.74, 6) is 1.01. The molecule has 132 valence electrons. The van der Waals surface area contributed by atoms with Gasteiger partial charge in [-0.3, -0.25) is 9.79 Å². The Labute approximate surface area is 145 Å². The molecule has 0 aromatic heterocycles. The summed E-state index contributed by atoms with van der Waals surface area (Å²) in [6.45, 7) is 1.83. The Hall–Kier alpha value is -2.28. The molecule has 1 aliphatic heterocycles. The number of hydrogen-bond donors (Lipinski definition) is 1. The van der Waals surface area contributed by atoms with Crippen LogP contribution in [0.3, 0.4) is 0 Å². The number of ether oxygens (including phenoxy) is 1. The zero-order valence-corrected chi connectivity index (χ0v) is 14.5. The number of rotatable bonds is 3. The molecule has 0 N–H and O–H groups in total. The molecule has 1 atom stereocenters. The third-order valence-corrected chi connectivity index (χ3v) is 5.81. The van der Waals surface area contributed by atoms with Crippen LogP contribution in [0.5, 0.6) is 5.75 Å². The van der Waals surface area contributed by atoms with Crippen molar-refractivity contribution in [3.8, 4) is 5.75 Å². The standard InChI is InChI=1S/C18H16F3NO2S/c1-11-7-14(24-2)8-15-16(11)17(23)25(10-22-15)9-12-3-5-13(6-4-12)18(19,20)21/h3-8,10,25H,9H2,1-2H3. The third kappa shape index (κ3) is 3.56. The van der Waals surface area contributed by atoms with Gasteiger partial charge in [-0.05, 0) is 36.2 Å². The number of hydrogen-bond acceptors (Lipinski definition) is 3. The van der Waals surface area contributed by atoms with Gasteiger partial charge in [0.25, 0.3) is 0 Å². The molecule has 3 rings (SSSR count). The summed E-state index contributed by atoms with van der Waals surface area (Å²) in [5.41, 5.74) is 3.55. The minimum atomic E-state index is -4.36. The molecule has 2 aromatic rings. The molecule has 0 saturated carbocycles.